The number of hydrogen-bond donors (Lipinski definition) is 6. The van der Waals surface area contributed by atoms with Gasteiger partial charge in [0.2, 0.25) is 0 Å². The largest absolute Gasteiger partial charge is 0.410 e. The molecule has 0 saturated carbocycles. The van der Waals surface area contributed by atoms with Gasteiger partial charge in [0.05, 0.1) is 0 Å². The number of rotatable bonds is 23. The molecule has 0 fully saturated rings. The lowest BCUT2D eigenvalue weighted by Gasteiger charge is -2.06. The molecule has 0 spiro atoms. The monoisotopic (exact) mass is 528 g/mol. The molecule has 0 aliphatic rings. The Morgan fingerprint density at radius 2 is 0.588 bits per heavy atom. The maximum atomic E-state index is 11.0. The van der Waals surface area contributed by atoms with E-state index in [2.05, 4.69) is 10.3 Å². The summed E-state index contributed by atoms with van der Waals surface area (Å²) in [7, 11) is -8.82. The van der Waals surface area contributed by atoms with Crippen LogP contribution in [0.2, 0.25) is 0 Å². The molecule has 34 heavy (non-hydrogen) atoms. The minimum absolute atomic E-state index is 0.143. The first-order chi connectivity index (χ1) is 16.1. The second kappa shape index (κ2) is 20.4. The van der Waals surface area contributed by atoms with Crippen LogP contribution in [0.25, 0.3) is 0 Å². The predicted octanol–water partition coefficient (Wildman–Crippen LogP) is 6.72. The summed E-state index contributed by atoms with van der Waals surface area (Å²) >= 11 is 0. The summed E-state index contributed by atoms with van der Waals surface area (Å²) in [5.41, 5.74) is -0.843. The van der Waals surface area contributed by atoms with Crippen LogP contribution in [0.3, 0.4) is 0 Å². The topological polar surface area (TPSA) is 180 Å². The molecule has 0 aliphatic heterocycles. The minimum atomic E-state index is -4.41. The van der Waals surface area contributed by atoms with E-state index in [1.165, 1.54) is 64.2 Å². The molecule has 0 radical (unpaired) electrons. The summed E-state index contributed by atoms with van der Waals surface area (Å²) in [5.74, 6) is 0. The summed E-state index contributed by atoms with van der Waals surface area (Å²) in [6, 6.07) is 0. The third-order valence-corrected chi connectivity index (χ3v) is 7.93. The Kier molecular flexibility index (Phi) is 20.0. The van der Waals surface area contributed by atoms with E-state index in [4.69, 9.17) is 30.0 Å². The van der Waals surface area contributed by atoms with E-state index < -0.39 is 26.1 Å². The molecular formula is C22H46N2O8P2. The molecule has 0 saturated heterocycles. The Morgan fingerprint density at radius 1 is 0.412 bits per heavy atom. The van der Waals surface area contributed by atoms with E-state index in [1.54, 1.807) is 0 Å². The summed E-state index contributed by atoms with van der Waals surface area (Å²) in [5, 5.41) is 22.7. The molecule has 6 N–H and O–H groups in total. The van der Waals surface area contributed by atoms with E-state index >= 15 is 0 Å². The molecule has 0 unspecified atom stereocenters. The molecule has 10 nitrogen and oxygen atoms in total. The highest BCUT2D eigenvalue weighted by molar-refractivity contribution is 7.70. The Labute approximate surface area is 204 Å². The maximum Gasteiger partial charge on any atom is 0.373 e. The van der Waals surface area contributed by atoms with Gasteiger partial charge in [-0.2, -0.15) is 0 Å². The standard InChI is InChI=1S/C22H46N2O8P2/c25-23-21(33(27,28)29)19-17-15-13-11-9-7-5-3-1-2-4-6-8-10-12-14-16-18-20-22(24-26)34(30,31)32/h25-26H,1-20H2,(H2,27,28,29)(H2,30,31,32). The summed E-state index contributed by atoms with van der Waals surface area (Å²) in [6.45, 7) is 0. The van der Waals surface area contributed by atoms with Crippen LogP contribution in [0.1, 0.15) is 128 Å². The van der Waals surface area contributed by atoms with Crippen molar-refractivity contribution in [2.24, 2.45) is 10.3 Å². The second-order valence-electron chi connectivity index (χ2n) is 8.98. The van der Waals surface area contributed by atoms with Crippen LogP contribution in [0.5, 0.6) is 0 Å². The molecule has 0 aromatic carbocycles. The van der Waals surface area contributed by atoms with Crippen LogP contribution in [0.4, 0.5) is 0 Å². The van der Waals surface area contributed by atoms with Crippen LogP contribution in [-0.4, -0.2) is 40.9 Å². The highest BCUT2D eigenvalue weighted by Crippen LogP contribution is 2.39. The summed E-state index contributed by atoms with van der Waals surface area (Å²) in [4.78, 5) is 35.8. The molecular weight excluding hydrogens is 482 g/mol. The van der Waals surface area contributed by atoms with Crippen molar-refractivity contribution in [3.8, 4) is 0 Å². The van der Waals surface area contributed by atoms with Gasteiger partial charge in [0, 0.05) is 12.8 Å². The Bertz CT molecular complexity index is 605. The van der Waals surface area contributed by atoms with Crippen molar-refractivity contribution in [1.29, 1.82) is 0 Å². The fourth-order valence-electron chi connectivity index (χ4n) is 3.90. The number of unbranched alkanes of at least 4 members (excludes halogenated alkanes) is 17. The average molecular weight is 529 g/mol. The highest BCUT2D eigenvalue weighted by atomic mass is 31.2. The van der Waals surface area contributed by atoms with E-state index in [1.807, 2.05) is 0 Å². The molecule has 0 rings (SSSR count). The first-order valence-corrected chi connectivity index (χ1v) is 15.9. The van der Waals surface area contributed by atoms with Gasteiger partial charge >= 0.3 is 15.2 Å². The van der Waals surface area contributed by atoms with Crippen molar-refractivity contribution < 1.29 is 39.1 Å². The van der Waals surface area contributed by atoms with Gasteiger partial charge in [-0.25, -0.2) is 0 Å². The third kappa shape index (κ3) is 19.5. The highest BCUT2D eigenvalue weighted by Gasteiger charge is 2.23. The quantitative estimate of drug-likeness (QED) is 0.0278. The zero-order chi connectivity index (χ0) is 25.7. The van der Waals surface area contributed by atoms with E-state index in [0.29, 0.717) is 12.8 Å². The zero-order valence-electron chi connectivity index (χ0n) is 20.4. The lowest BCUT2D eigenvalue weighted by atomic mass is 10.0. The zero-order valence-corrected chi connectivity index (χ0v) is 22.2. The molecule has 0 aromatic heterocycles. The molecule has 202 valence electrons. The Morgan fingerprint density at radius 3 is 0.735 bits per heavy atom. The fraction of sp³-hybridized carbons (Fsp3) is 0.909. The number of nitrogens with zero attached hydrogens (tertiary/aromatic N) is 2. The summed E-state index contributed by atoms with van der Waals surface area (Å²) in [6.07, 6.45) is 20.1. The number of hydrogen-bond acceptors (Lipinski definition) is 6. The van der Waals surface area contributed by atoms with Crippen LogP contribution in [0.15, 0.2) is 10.3 Å². The van der Waals surface area contributed by atoms with E-state index in [-0.39, 0.29) is 12.8 Å². The lowest BCUT2D eigenvalue weighted by molar-refractivity contribution is 0.314. The molecule has 0 aromatic rings. The average Bonchev–Trinajstić information content (AvgIpc) is 2.75. The van der Waals surface area contributed by atoms with Gasteiger partial charge in [0.25, 0.3) is 0 Å². The van der Waals surface area contributed by atoms with Crippen LogP contribution in [-0.2, 0) is 9.13 Å². The molecule has 0 atom stereocenters. The van der Waals surface area contributed by atoms with Crippen molar-refractivity contribution in [3.63, 3.8) is 0 Å². The van der Waals surface area contributed by atoms with Crippen molar-refractivity contribution in [2.75, 3.05) is 0 Å². The van der Waals surface area contributed by atoms with Gasteiger partial charge in [-0.15, -0.1) is 0 Å². The number of oxime groups is 2. The van der Waals surface area contributed by atoms with Gasteiger partial charge in [-0.05, 0) is 12.8 Å². The SMILES string of the molecule is O=P(O)(O)C(CCCCCCCCCCCCCCCCCCCCC(=NO)P(=O)(O)O)=NO. The second-order valence-corrected chi connectivity index (χ2v) is 12.2. The third-order valence-electron chi connectivity index (χ3n) is 5.95. The molecule has 0 amide bonds. The van der Waals surface area contributed by atoms with E-state index in [0.717, 1.165) is 38.5 Å². The van der Waals surface area contributed by atoms with Crippen LogP contribution < -0.4 is 0 Å². The Hall–Kier alpha value is -0.760. The molecule has 12 heteroatoms. The van der Waals surface area contributed by atoms with E-state index in [9.17, 15) is 9.13 Å². The lowest BCUT2D eigenvalue weighted by Crippen LogP contribution is -1.99. The first-order valence-electron chi connectivity index (χ1n) is 12.7. The van der Waals surface area contributed by atoms with Crippen molar-refractivity contribution in [3.05, 3.63) is 0 Å². The molecule has 0 aliphatic carbocycles. The fourth-order valence-corrected chi connectivity index (χ4v) is 5.03. The minimum Gasteiger partial charge on any atom is -0.410 e. The smallest absolute Gasteiger partial charge is 0.373 e. The summed E-state index contributed by atoms with van der Waals surface area (Å²) < 4.78 is 22.0. The van der Waals surface area contributed by atoms with Gasteiger partial charge in [0.15, 0.2) is 10.9 Å². The first kappa shape index (κ1) is 33.2. The predicted molar refractivity (Wildman–Crippen MR) is 135 cm³/mol. The normalized spacial score (nSPS) is 13.5. The van der Waals surface area contributed by atoms with Crippen LogP contribution in [0, 0.1) is 0 Å². The van der Waals surface area contributed by atoms with Crippen molar-refractivity contribution in [1.82, 2.24) is 0 Å². The van der Waals surface area contributed by atoms with Crippen molar-refractivity contribution >= 4 is 26.1 Å². The van der Waals surface area contributed by atoms with Gasteiger partial charge in [-0.1, -0.05) is 113 Å². The maximum absolute atomic E-state index is 11.0. The van der Waals surface area contributed by atoms with Gasteiger partial charge in [0.1, 0.15) is 0 Å². The molecule has 0 bridgehead atoms. The van der Waals surface area contributed by atoms with Crippen molar-refractivity contribution in [2.45, 2.75) is 128 Å². The molecule has 0 heterocycles. The van der Waals surface area contributed by atoms with Gasteiger partial charge < -0.3 is 30.0 Å². The Balaban J connectivity index is 3.32. The van der Waals surface area contributed by atoms with Gasteiger partial charge in [-0.3, -0.25) is 9.13 Å². The van der Waals surface area contributed by atoms with Crippen LogP contribution >= 0.6 is 15.2 Å².